The molecule has 0 saturated carbocycles. The van der Waals surface area contributed by atoms with Gasteiger partial charge < -0.3 is 14.6 Å². The first-order valence-corrected chi connectivity index (χ1v) is 5.33. The number of nitro groups is 1. The van der Waals surface area contributed by atoms with Gasteiger partial charge in [-0.3, -0.25) is 10.1 Å². The zero-order valence-corrected chi connectivity index (χ0v) is 9.17. The molecule has 0 aliphatic carbocycles. The topological polar surface area (TPSA) is 81.8 Å². The second kappa shape index (κ2) is 5.01. The van der Waals surface area contributed by atoms with Crippen LogP contribution >= 0.6 is 0 Å². The Morgan fingerprint density at radius 3 is 2.88 bits per heavy atom. The summed E-state index contributed by atoms with van der Waals surface area (Å²) >= 11 is 0. The van der Waals surface area contributed by atoms with Crippen LogP contribution in [-0.2, 0) is 0 Å². The molecule has 0 unspecified atom stereocenters. The van der Waals surface area contributed by atoms with Gasteiger partial charge in [0.2, 0.25) is 13.3 Å². The van der Waals surface area contributed by atoms with Crippen molar-refractivity contribution in [1.29, 1.82) is 0 Å². The molecule has 17 heavy (non-hydrogen) atoms. The van der Waals surface area contributed by atoms with E-state index < -0.39 is 0 Å². The molecule has 1 N–H and O–H groups in total. The number of benzene rings is 1. The van der Waals surface area contributed by atoms with Crippen molar-refractivity contribution in [2.24, 2.45) is 0 Å². The van der Waals surface area contributed by atoms with E-state index in [1.807, 2.05) is 0 Å². The largest absolute Gasteiger partial charge is 0.454 e. The maximum atomic E-state index is 10.6. The van der Waals surface area contributed by atoms with Crippen molar-refractivity contribution >= 4 is 0 Å². The van der Waals surface area contributed by atoms with Crippen LogP contribution < -0.4 is 9.47 Å². The van der Waals surface area contributed by atoms with E-state index in [-0.39, 0.29) is 30.8 Å². The van der Waals surface area contributed by atoms with Gasteiger partial charge in [0.05, 0.1) is 5.92 Å². The standard InChI is InChI=1S/C11H13NO5/c13-4-3-9(6-12(14)15)8-1-2-10-11(5-8)17-7-16-10/h1-2,5,9,13H,3-4,6-7H2/t9-/m1/s1. The predicted molar refractivity (Wildman–Crippen MR) is 58.9 cm³/mol. The van der Waals surface area contributed by atoms with Crippen molar-refractivity contribution in [3.63, 3.8) is 0 Å². The lowest BCUT2D eigenvalue weighted by atomic mass is 9.96. The minimum Gasteiger partial charge on any atom is -0.454 e. The van der Waals surface area contributed by atoms with E-state index in [1.165, 1.54) is 0 Å². The first-order valence-electron chi connectivity index (χ1n) is 5.33. The van der Waals surface area contributed by atoms with Gasteiger partial charge in [0.15, 0.2) is 11.5 Å². The molecule has 0 spiro atoms. The van der Waals surface area contributed by atoms with Crippen LogP contribution in [0, 0.1) is 10.1 Å². The van der Waals surface area contributed by atoms with E-state index in [0.717, 1.165) is 5.56 Å². The number of fused-ring (bicyclic) bond motifs is 1. The van der Waals surface area contributed by atoms with Crippen molar-refractivity contribution < 1.29 is 19.5 Å². The molecule has 1 aliphatic heterocycles. The maximum absolute atomic E-state index is 10.6. The summed E-state index contributed by atoms with van der Waals surface area (Å²) < 4.78 is 10.4. The fraction of sp³-hybridized carbons (Fsp3) is 0.455. The summed E-state index contributed by atoms with van der Waals surface area (Å²) in [6, 6.07) is 5.26. The molecule has 1 aromatic rings. The van der Waals surface area contributed by atoms with Gasteiger partial charge in [-0.25, -0.2) is 0 Å². The molecular weight excluding hydrogens is 226 g/mol. The van der Waals surface area contributed by atoms with Crippen LogP contribution in [0.5, 0.6) is 11.5 Å². The number of hydrogen-bond acceptors (Lipinski definition) is 5. The first kappa shape index (κ1) is 11.7. The normalized spacial score (nSPS) is 14.6. The Labute approximate surface area is 97.9 Å². The average molecular weight is 239 g/mol. The molecule has 6 nitrogen and oxygen atoms in total. The molecule has 1 aliphatic rings. The smallest absolute Gasteiger partial charge is 0.231 e. The first-order chi connectivity index (χ1) is 8.20. The molecule has 1 atom stereocenters. The summed E-state index contributed by atoms with van der Waals surface area (Å²) in [4.78, 5) is 10.2. The van der Waals surface area contributed by atoms with E-state index >= 15 is 0 Å². The number of rotatable bonds is 5. The van der Waals surface area contributed by atoms with Gasteiger partial charge in [0, 0.05) is 11.5 Å². The number of aliphatic hydroxyl groups excluding tert-OH is 1. The van der Waals surface area contributed by atoms with Crippen molar-refractivity contribution in [2.45, 2.75) is 12.3 Å². The Kier molecular flexibility index (Phi) is 3.43. The molecule has 2 rings (SSSR count). The van der Waals surface area contributed by atoms with Crippen LogP contribution in [0.3, 0.4) is 0 Å². The molecule has 6 heteroatoms. The van der Waals surface area contributed by atoms with Gasteiger partial charge in [-0.2, -0.15) is 0 Å². The Morgan fingerprint density at radius 2 is 2.18 bits per heavy atom. The molecule has 0 radical (unpaired) electrons. The summed E-state index contributed by atoms with van der Waals surface area (Å²) in [6.07, 6.45) is 0.362. The quantitative estimate of drug-likeness (QED) is 0.615. The Morgan fingerprint density at radius 1 is 1.41 bits per heavy atom. The van der Waals surface area contributed by atoms with E-state index in [0.29, 0.717) is 17.9 Å². The molecule has 0 bridgehead atoms. The molecule has 1 aromatic carbocycles. The monoisotopic (exact) mass is 239 g/mol. The third kappa shape index (κ3) is 2.65. The van der Waals surface area contributed by atoms with E-state index in [9.17, 15) is 10.1 Å². The molecule has 0 saturated heterocycles. The average Bonchev–Trinajstić information content (AvgIpc) is 2.74. The summed E-state index contributed by atoms with van der Waals surface area (Å²) in [7, 11) is 0. The van der Waals surface area contributed by atoms with Crippen molar-refractivity contribution in [1.82, 2.24) is 0 Å². The molecule has 0 amide bonds. The Bertz CT molecular complexity index is 420. The predicted octanol–water partition coefficient (Wildman–Crippen LogP) is 1.16. The highest BCUT2D eigenvalue weighted by Crippen LogP contribution is 2.35. The highest BCUT2D eigenvalue weighted by molar-refractivity contribution is 5.45. The highest BCUT2D eigenvalue weighted by Gasteiger charge is 2.21. The van der Waals surface area contributed by atoms with Crippen LogP contribution in [0.1, 0.15) is 17.9 Å². The summed E-state index contributed by atoms with van der Waals surface area (Å²) in [5.41, 5.74) is 0.792. The highest BCUT2D eigenvalue weighted by atomic mass is 16.7. The van der Waals surface area contributed by atoms with Crippen LogP contribution in [-0.4, -0.2) is 30.0 Å². The number of aliphatic hydroxyl groups is 1. The maximum Gasteiger partial charge on any atom is 0.231 e. The number of hydrogen-bond donors (Lipinski definition) is 1. The Hall–Kier alpha value is -1.82. The van der Waals surface area contributed by atoms with Gasteiger partial charge in [0.1, 0.15) is 0 Å². The van der Waals surface area contributed by atoms with Crippen LogP contribution in [0.2, 0.25) is 0 Å². The third-order valence-corrected chi connectivity index (χ3v) is 2.72. The lowest BCUT2D eigenvalue weighted by Gasteiger charge is -2.12. The van der Waals surface area contributed by atoms with Crippen LogP contribution in [0.25, 0.3) is 0 Å². The molecule has 92 valence electrons. The summed E-state index contributed by atoms with van der Waals surface area (Å²) in [6.45, 7) is -0.0914. The lowest BCUT2D eigenvalue weighted by molar-refractivity contribution is -0.483. The van der Waals surface area contributed by atoms with Crippen LogP contribution in [0.15, 0.2) is 18.2 Å². The SMILES string of the molecule is O=[N+]([O-])C[C@@H](CCO)c1ccc2c(c1)OCO2. The number of ether oxygens (including phenoxy) is 2. The van der Waals surface area contributed by atoms with E-state index in [1.54, 1.807) is 18.2 Å². The fourth-order valence-electron chi connectivity index (χ4n) is 1.87. The molecule has 0 fully saturated rings. The second-order valence-corrected chi connectivity index (χ2v) is 3.84. The zero-order chi connectivity index (χ0) is 12.3. The molecule has 0 aromatic heterocycles. The minimum atomic E-state index is -0.370. The molecule has 1 heterocycles. The van der Waals surface area contributed by atoms with Gasteiger partial charge in [-0.15, -0.1) is 0 Å². The zero-order valence-electron chi connectivity index (χ0n) is 9.17. The van der Waals surface area contributed by atoms with E-state index in [4.69, 9.17) is 14.6 Å². The fourth-order valence-corrected chi connectivity index (χ4v) is 1.87. The minimum absolute atomic E-state index is 0.0764. The third-order valence-electron chi connectivity index (χ3n) is 2.72. The summed E-state index contributed by atoms with van der Waals surface area (Å²) in [5, 5.41) is 19.5. The van der Waals surface area contributed by atoms with Crippen molar-refractivity contribution in [2.75, 3.05) is 19.9 Å². The van der Waals surface area contributed by atoms with Crippen LogP contribution in [0.4, 0.5) is 0 Å². The molecular formula is C11H13NO5. The van der Waals surface area contributed by atoms with Crippen molar-refractivity contribution in [3.8, 4) is 11.5 Å². The van der Waals surface area contributed by atoms with Gasteiger partial charge >= 0.3 is 0 Å². The van der Waals surface area contributed by atoms with Gasteiger partial charge in [-0.05, 0) is 24.1 Å². The Balaban J connectivity index is 2.20. The van der Waals surface area contributed by atoms with Gasteiger partial charge in [0.25, 0.3) is 0 Å². The lowest BCUT2D eigenvalue weighted by Crippen LogP contribution is -2.14. The van der Waals surface area contributed by atoms with Crippen molar-refractivity contribution in [3.05, 3.63) is 33.9 Å². The number of nitrogens with zero attached hydrogens (tertiary/aromatic N) is 1. The van der Waals surface area contributed by atoms with E-state index in [2.05, 4.69) is 0 Å². The summed E-state index contributed by atoms with van der Waals surface area (Å²) in [5.74, 6) is 0.955. The second-order valence-electron chi connectivity index (χ2n) is 3.84. The van der Waals surface area contributed by atoms with Gasteiger partial charge in [-0.1, -0.05) is 6.07 Å².